The van der Waals surface area contributed by atoms with E-state index in [1.807, 2.05) is 13.0 Å². The lowest BCUT2D eigenvalue weighted by atomic mass is 10.2. The lowest BCUT2D eigenvalue weighted by molar-refractivity contribution is 0.0691. The van der Waals surface area contributed by atoms with Gasteiger partial charge in [-0.05, 0) is 25.3 Å². The molecule has 0 unspecified atom stereocenters. The van der Waals surface area contributed by atoms with Crippen LogP contribution in [0.3, 0.4) is 0 Å². The van der Waals surface area contributed by atoms with Gasteiger partial charge in [0.2, 0.25) is 0 Å². The topological polar surface area (TPSA) is 69.4 Å². The summed E-state index contributed by atoms with van der Waals surface area (Å²) < 4.78 is 10.3. The molecule has 0 fully saturated rings. The van der Waals surface area contributed by atoms with E-state index in [-0.39, 0.29) is 0 Å². The van der Waals surface area contributed by atoms with Crippen molar-refractivity contribution in [2.75, 3.05) is 44.5 Å². The van der Waals surface area contributed by atoms with Crippen molar-refractivity contribution in [3.8, 4) is 0 Å². The van der Waals surface area contributed by atoms with Gasteiger partial charge >= 0.3 is 0 Å². The van der Waals surface area contributed by atoms with Gasteiger partial charge in [-0.3, -0.25) is 0 Å². The Hall–Kier alpha value is -1.33. The van der Waals surface area contributed by atoms with E-state index in [1.165, 1.54) is 0 Å². The quantitative estimate of drug-likeness (QED) is 0.657. The molecule has 0 aliphatic heterocycles. The van der Waals surface area contributed by atoms with Gasteiger partial charge in [0.25, 0.3) is 0 Å². The zero-order valence-electron chi connectivity index (χ0n) is 11.2. The molecule has 0 spiro atoms. The van der Waals surface area contributed by atoms with Crippen LogP contribution in [0.5, 0.6) is 0 Å². The fourth-order valence-corrected chi connectivity index (χ4v) is 1.43. The highest BCUT2D eigenvalue weighted by Crippen LogP contribution is 2.13. The molecule has 0 aliphatic carbocycles. The first-order valence-electron chi connectivity index (χ1n) is 6.26. The van der Waals surface area contributed by atoms with Gasteiger partial charge in [-0.1, -0.05) is 0 Å². The Balaban J connectivity index is 2.05. The summed E-state index contributed by atoms with van der Waals surface area (Å²) in [5.74, 6) is 0.832. The number of pyridine rings is 1. The molecule has 1 aromatic rings. The Bertz CT molecular complexity index is 345. The van der Waals surface area contributed by atoms with Crippen LogP contribution in [0, 0.1) is 6.92 Å². The van der Waals surface area contributed by atoms with Gasteiger partial charge in [0.1, 0.15) is 5.82 Å². The Labute approximate surface area is 109 Å². The van der Waals surface area contributed by atoms with E-state index in [0.717, 1.165) is 43.1 Å². The molecule has 0 saturated carbocycles. The highest BCUT2D eigenvalue weighted by Gasteiger charge is 1.97. The molecular weight excluding hydrogens is 230 g/mol. The molecule has 18 heavy (non-hydrogen) atoms. The molecule has 1 heterocycles. The van der Waals surface area contributed by atoms with Gasteiger partial charge in [-0.15, -0.1) is 0 Å². The number of nitrogens with two attached hydrogens (primary N) is 1. The Morgan fingerprint density at radius 3 is 2.83 bits per heavy atom. The van der Waals surface area contributed by atoms with E-state index in [2.05, 4.69) is 10.3 Å². The van der Waals surface area contributed by atoms with E-state index in [1.54, 1.807) is 13.3 Å². The molecule has 0 radical (unpaired) electrons. The van der Waals surface area contributed by atoms with Crippen LogP contribution in [0.15, 0.2) is 12.3 Å². The van der Waals surface area contributed by atoms with Crippen molar-refractivity contribution in [1.29, 1.82) is 0 Å². The number of nitrogens with one attached hydrogen (secondary N) is 1. The number of hydrogen-bond acceptors (Lipinski definition) is 5. The molecule has 0 amide bonds. The molecule has 5 nitrogen and oxygen atoms in total. The zero-order chi connectivity index (χ0) is 13.2. The smallest absolute Gasteiger partial charge is 0.127 e. The van der Waals surface area contributed by atoms with Crippen LogP contribution in [0.2, 0.25) is 0 Å². The molecule has 1 aromatic heterocycles. The molecule has 0 saturated heterocycles. The zero-order valence-corrected chi connectivity index (χ0v) is 11.2. The van der Waals surface area contributed by atoms with Gasteiger partial charge in [-0.2, -0.15) is 0 Å². The molecule has 0 aromatic carbocycles. The van der Waals surface area contributed by atoms with Crippen LogP contribution >= 0.6 is 0 Å². The van der Waals surface area contributed by atoms with Crippen molar-refractivity contribution in [3.05, 3.63) is 17.8 Å². The average Bonchev–Trinajstić information content (AvgIpc) is 2.37. The SMILES string of the molecule is COCCOCCCCNc1cc(N)c(C)cn1. The standard InChI is InChI=1S/C13H23N3O2/c1-11-10-16-13(9-12(11)14)15-5-3-4-6-18-8-7-17-2/h9-10H,3-8H2,1-2H3,(H3,14,15,16). The lowest BCUT2D eigenvalue weighted by Crippen LogP contribution is -2.07. The fourth-order valence-electron chi connectivity index (χ4n) is 1.43. The van der Waals surface area contributed by atoms with Crippen LogP contribution < -0.4 is 11.1 Å². The first-order chi connectivity index (χ1) is 8.74. The highest BCUT2D eigenvalue weighted by atomic mass is 16.5. The van der Waals surface area contributed by atoms with Crippen molar-refractivity contribution in [3.63, 3.8) is 0 Å². The Kier molecular flexibility index (Phi) is 7.13. The predicted octanol–water partition coefficient (Wildman–Crippen LogP) is 1.83. The number of aromatic nitrogens is 1. The molecule has 0 bridgehead atoms. The third-order valence-electron chi connectivity index (χ3n) is 2.60. The summed E-state index contributed by atoms with van der Waals surface area (Å²) in [4.78, 5) is 4.26. The molecule has 1 rings (SSSR count). The van der Waals surface area contributed by atoms with Gasteiger partial charge < -0.3 is 20.5 Å². The average molecular weight is 253 g/mol. The summed E-state index contributed by atoms with van der Waals surface area (Å²) in [6.07, 6.45) is 3.85. The maximum Gasteiger partial charge on any atom is 0.127 e. The number of methoxy groups -OCH3 is 1. The maximum absolute atomic E-state index is 5.81. The number of unbranched alkanes of at least 4 members (excludes halogenated alkanes) is 1. The van der Waals surface area contributed by atoms with Crippen LogP contribution in [0.25, 0.3) is 0 Å². The number of hydrogen-bond donors (Lipinski definition) is 2. The minimum atomic E-state index is 0.658. The first-order valence-corrected chi connectivity index (χ1v) is 6.26. The van der Waals surface area contributed by atoms with Crippen molar-refractivity contribution in [2.24, 2.45) is 0 Å². The normalized spacial score (nSPS) is 10.6. The number of ether oxygens (including phenoxy) is 2. The first kappa shape index (κ1) is 14.7. The molecule has 0 aliphatic rings. The van der Waals surface area contributed by atoms with Gasteiger partial charge in [-0.25, -0.2) is 4.98 Å². The molecule has 102 valence electrons. The van der Waals surface area contributed by atoms with E-state index in [0.29, 0.717) is 13.2 Å². The van der Waals surface area contributed by atoms with Crippen molar-refractivity contribution in [1.82, 2.24) is 4.98 Å². The van der Waals surface area contributed by atoms with Crippen LogP contribution in [0.4, 0.5) is 11.5 Å². The van der Waals surface area contributed by atoms with Crippen LogP contribution in [0.1, 0.15) is 18.4 Å². The van der Waals surface area contributed by atoms with Crippen LogP contribution in [-0.4, -0.2) is 38.5 Å². The second kappa shape index (κ2) is 8.72. The molecule has 0 atom stereocenters. The summed E-state index contributed by atoms with van der Waals surface area (Å²) in [6.45, 7) is 4.92. The summed E-state index contributed by atoms with van der Waals surface area (Å²) in [7, 11) is 1.67. The van der Waals surface area contributed by atoms with Gasteiger partial charge in [0.15, 0.2) is 0 Å². The molecule has 5 heteroatoms. The number of aryl methyl sites for hydroxylation is 1. The third-order valence-corrected chi connectivity index (χ3v) is 2.60. The van der Waals surface area contributed by atoms with E-state index >= 15 is 0 Å². The third kappa shape index (κ3) is 5.84. The van der Waals surface area contributed by atoms with E-state index in [9.17, 15) is 0 Å². The van der Waals surface area contributed by atoms with Gasteiger partial charge in [0.05, 0.1) is 13.2 Å². The summed E-state index contributed by atoms with van der Waals surface area (Å²) in [5, 5.41) is 3.24. The monoisotopic (exact) mass is 253 g/mol. The second-order valence-corrected chi connectivity index (χ2v) is 4.17. The predicted molar refractivity (Wildman–Crippen MR) is 73.8 cm³/mol. The number of nitrogen functional groups attached to an aromatic ring is 1. The lowest BCUT2D eigenvalue weighted by Gasteiger charge is -2.07. The minimum absolute atomic E-state index is 0.658. The number of nitrogens with zero attached hydrogens (tertiary/aromatic N) is 1. The van der Waals surface area contributed by atoms with Crippen molar-refractivity contribution < 1.29 is 9.47 Å². The van der Waals surface area contributed by atoms with Crippen molar-refractivity contribution >= 4 is 11.5 Å². The minimum Gasteiger partial charge on any atom is -0.398 e. The summed E-state index contributed by atoms with van der Waals surface area (Å²) >= 11 is 0. The Morgan fingerprint density at radius 1 is 1.28 bits per heavy atom. The summed E-state index contributed by atoms with van der Waals surface area (Å²) in [5.41, 5.74) is 7.59. The van der Waals surface area contributed by atoms with E-state index < -0.39 is 0 Å². The number of anilines is 2. The number of rotatable bonds is 9. The second-order valence-electron chi connectivity index (χ2n) is 4.17. The van der Waals surface area contributed by atoms with Crippen LogP contribution in [-0.2, 0) is 9.47 Å². The summed E-state index contributed by atoms with van der Waals surface area (Å²) in [6, 6.07) is 1.87. The van der Waals surface area contributed by atoms with E-state index in [4.69, 9.17) is 15.2 Å². The maximum atomic E-state index is 5.81. The largest absolute Gasteiger partial charge is 0.398 e. The van der Waals surface area contributed by atoms with Crippen molar-refractivity contribution in [2.45, 2.75) is 19.8 Å². The fraction of sp³-hybridized carbons (Fsp3) is 0.615. The molecule has 3 N–H and O–H groups in total. The molecular formula is C13H23N3O2. The van der Waals surface area contributed by atoms with Gasteiger partial charge in [0, 0.05) is 38.2 Å². The highest BCUT2D eigenvalue weighted by molar-refractivity contribution is 5.53. The Morgan fingerprint density at radius 2 is 2.11 bits per heavy atom.